The van der Waals surface area contributed by atoms with Gasteiger partial charge >= 0.3 is 0 Å². The van der Waals surface area contributed by atoms with Gasteiger partial charge in [-0.3, -0.25) is 4.79 Å². The molecular formula is C12H19N5O. The van der Waals surface area contributed by atoms with E-state index in [-0.39, 0.29) is 11.9 Å². The Labute approximate surface area is 107 Å². The molecule has 2 heterocycles. The van der Waals surface area contributed by atoms with E-state index in [0.717, 1.165) is 25.9 Å². The first-order chi connectivity index (χ1) is 8.58. The summed E-state index contributed by atoms with van der Waals surface area (Å²) in [6.45, 7) is 2.05. The standard InChI is InChI=1S/C12H19N5O/c1-16-7-5-9(6-8-16)17(2)12(18)10-3-4-11(13)15-14-10/h3-4,9H,5-8H2,1-2H3,(H2,13,15). The van der Waals surface area contributed by atoms with Gasteiger partial charge in [0.2, 0.25) is 0 Å². The fourth-order valence-corrected chi connectivity index (χ4v) is 2.19. The maximum absolute atomic E-state index is 12.2. The van der Waals surface area contributed by atoms with E-state index < -0.39 is 0 Å². The molecule has 18 heavy (non-hydrogen) atoms. The number of hydrogen-bond donors (Lipinski definition) is 1. The molecular weight excluding hydrogens is 230 g/mol. The van der Waals surface area contributed by atoms with Crippen LogP contribution in [0.1, 0.15) is 23.3 Å². The molecule has 2 N–H and O–H groups in total. The van der Waals surface area contributed by atoms with Crippen molar-refractivity contribution in [3.63, 3.8) is 0 Å². The maximum Gasteiger partial charge on any atom is 0.274 e. The summed E-state index contributed by atoms with van der Waals surface area (Å²) in [6, 6.07) is 3.51. The van der Waals surface area contributed by atoms with E-state index >= 15 is 0 Å². The van der Waals surface area contributed by atoms with Crippen LogP contribution in [0.15, 0.2) is 12.1 Å². The normalized spacial score (nSPS) is 17.7. The van der Waals surface area contributed by atoms with Crippen molar-refractivity contribution < 1.29 is 4.79 Å². The Balaban J connectivity index is 2.02. The quantitative estimate of drug-likeness (QED) is 0.811. The fraction of sp³-hybridized carbons (Fsp3) is 0.583. The average Bonchev–Trinajstić information content (AvgIpc) is 2.39. The zero-order valence-electron chi connectivity index (χ0n) is 10.8. The summed E-state index contributed by atoms with van der Waals surface area (Å²) < 4.78 is 0. The smallest absolute Gasteiger partial charge is 0.274 e. The average molecular weight is 249 g/mol. The molecule has 0 unspecified atom stereocenters. The van der Waals surface area contributed by atoms with Crippen molar-refractivity contribution in [2.45, 2.75) is 18.9 Å². The minimum atomic E-state index is -0.0861. The number of likely N-dealkylation sites (tertiary alicyclic amines) is 1. The number of amides is 1. The molecule has 0 radical (unpaired) electrons. The van der Waals surface area contributed by atoms with Crippen molar-refractivity contribution in [2.24, 2.45) is 0 Å². The summed E-state index contributed by atoms with van der Waals surface area (Å²) in [5.41, 5.74) is 5.81. The molecule has 0 aliphatic carbocycles. The van der Waals surface area contributed by atoms with Crippen molar-refractivity contribution >= 4 is 11.7 Å². The molecule has 2 rings (SSSR count). The van der Waals surface area contributed by atoms with E-state index in [9.17, 15) is 4.79 Å². The number of piperidine rings is 1. The van der Waals surface area contributed by atoms with Crippen molar-refractivity contribution in [1.29, 1.82) is 0 Å². The summed E-state index contributed by atoms with van der Waals surface area (Å²) in [7, 11) is 3.93. The van der Waals surface area contributed by atoms with Gasteiger partial charge in [0.25, 0.3) is 5.91 Å². The van der Waals surface area contributed by atoms with Crippen LogP contribution in [0, 0.1) is 0 Å². The Hall–Kier alpha value is -1.69. The van der Waals surface area contributed by atoms with Crippen molar-refractivity contribution in [1.82, 2.24) is 20.0 Å². The molecule has 1 amide bonds. The molecule has 0 bridgehead atoms. The molecule has 0 aromatic carbocycles. The maximum atomic E-state index is 12.2. The van der Waals surface area contributed by atoms with Crippen LogP contribution in [-0.2, 0) is 0 Å². The zero-order chi connectivity index (χ0) is 13.1. The summed E-state index contributed by atoms with van der Waals surface area (Å²) in [5, 5.41) is 7.54. The Morgan fingerprint density at radius 2 is 2.06 bits per heavy atom. The Kier molecular flexibility index (Phi) is 3.76. The van der Waals surface area contributed by atoms with Crippen LogP contribution in [0.4, 0.5) is 5.82 Å². The Morgan fingerprint density at radius 3 is 2.61 bits per heavy atom. The van der Waals surface area contributed by atoms with Crippen LogP contribution in [0.5, 0.6) is 0 Å². The second-order valence-electron chi connectivity index (χ2n) is 4.79. The predicted molar refractivity (Wildman–Crippen MR) is 69.1 cm³/mol. The van der Waals surface area contributed by atoms with Crippen molar-refractivity contribution in [2.75, 3.05) is 32.9 Å². The lowest BCUT2D eigenvalue weighted by Gasteiger charge is -2.34. The van der Waals surface area contributed by atoms with E-state index in [2.05, 4.69) is 22.1 Å². The summed E-state index contributed by atoms with van der Waals surface area (Å²) in [4.78, 5) is 16.3. The van der Waals surface area contributed by atoms with Crippen molar-refractivity contribution in [3.05, 3.63) is 17.8 Å². The minimum absolute atomic E-state index is 0.0861. The van der Waals surface area contributed by atoms with Gasteiger partial charge in [0, 0.05) is 13.1 Å². The summed E-state index contributed by atoms with van der Waals surface area (Å²) in [5.74, 6) is 0.241. The molecule has 0 saturated carbocycles. The van der Waals surface area contributed by atoms with Gasteiger partial charge in [-0.05, 0) is 45.1 Å². The van der Waals surface area contributed by atoms with Gasteiger partial charge in [-0.1, -0.05) is 0 Å². The molecule has 1 aromatic heterocycles. The number of nitrogen functional groups attached to an aromatic ring is 1. The van der Waals surface area contributed by atoms with Crippen molar-refractivity contribution in [3.8, 4) is 0 Å². The van der Waals surface area contributed by atoms with E-state index in [4.69, 9.17) is 5.73 Å². The zero-order valence-corrected chi connectivity index (χ0v) is 10.8. The highest BCUT2D eigenvalue weighted by atomic mass is 16.2. The Morgan fingerprint density at radius 1 is 1.39 bits per heavy atom. The first kappa shape index (κ1) is 12.8. The number of anilines is 1. The summed E-state index contributed by atoms with van der Waals surface area (Å²) in [6.07, 6.45) is 2.00. The van der Waals surface area contributed by atoms with Gasteiger partial charge in [-0.2, -0.15) is 0 Å². The van der Waals surface area contributed by atoms with E-state index in [1.54, 1.807) is 17.0 Å². The molecule has 98 valence electrons. The monoisotopic (exact) mass is 249 g/mol. The van der Waals surface area contributed by atoms with Crippen LogP contribution < -0.4 is 5.73 Å². The number of carbonyl (C=O) groups excluding carboxylic acids is 1. The molecule has 1 aromatic rings. The second-order valence-corrected chi connectivity index (χ2v) is 4.79. The van der Waals surface area contributed by atoms with Crippen LogP contribution in [-0.4, -0.2) is 59.1 Å². The van der Waals surface area contributed by atoms with Crippen LogP contribution >= 0.6 is 0 Å². The van der Waals surface area contributed by atoms with Gasteiger partial charge in [-0.15, -0.1) is 10.2 Å². The number of hydrogen-bond acceptors (Lipinski definition) is 5. The molecule has 6 nitrogen and oxygen atoms in total. The molecule has 1 aliphatic rings. The van der Waals surface area contributed by atoms with Gasteiger partial charge < -0.3 is 15.5 Å². The lowest BCUT2D eigenvalue weighted by Crippen LogP contribution is -2.44. The van der Waals surface area contributed by atoms with Gasteiger partial charge in [0.15, 0.2) is 5.69 Å². The van der Waals surface area contributed by atoms with E-state index in [1.165, 1.54) is 0 Å². The van der Waals surface area contributed by atoms with E-state index in [0.29, 0.717) is 11.5 Å². The molecule has 0 spiro atoms. The van der Waals surface area contributed by atoms with Crippen LogP contribution in [0.25, 0.3) is 0 Å². The molecule has 1 fully saturated rings. The van der Waals surface area contributed by atoms with E-state index in [1.807, 2.05) is 7.05 Å². The first-order valence-electron chi connectivity index (χ1n) is 6.13. The van der Waals surface area contributed by atoms with Gasteiger partial charge in [0.1, 0.15) is 5.82 Å². The third kappa shape index (κ3) is 2.76. The predicted octanol–water partition coefficient (Wildman–Crippen LogP) is 0.225. The lowest BCUT2D eigenvalue weighted by atomic mass is 10.0. The number of nitrogens with two attached hydrogens (primary N) is 1. The lowest BCUT2D eigenvalue weighted by molar-refractivity contribution is 0.0652. The summed E-state index contributed by atoms with van der Waals surface area (Å²) >= 11 is 0. The molecule has 0 atom stereocenters. The second kappa shape index (κ2) is 5.30. The Bertz CT molecular complexity index is 411. The first-order valence-corrected chi connectivity index (χ1v) is 6.13. The largest absolute Gasteiger partial charge is 0.382 e. The van der Waals surface area contributed by atoms with Crippen LogP contribution in [0.2, 0.25) is 0 Å². The highest BCUT2D eigenvalue weighted by Gasteiger charge is 2.25. The number of aromatic nitrogens is 2. The highest BCUT2D eigenvalue weighted by Crippen LogP contribution is 2.15. The minimum Gasteiger partial charge on any atom is -0.382 e. The molecule has 6 heteroatoms. The number of carbonyl (C=O) groups is 1. The fourth-order valence-electron chi connectivity index (χ4n) is 2.19. The number of rotatable bonds is 2. The van der Waals surface area contributed by atoms with Crippen LogP contribution in [0.3, 0.4) is 0 Å². The topological polar surface area (TPSA) is 75.3 Å². The SMILES string of the molecule is CN1CCC(N(C)C(=O)c2ccc(N)nn2)CC1. The van der Waals surface area contributed by atoms with Gasteiger partial charge in [-0.25, -0.2) is 0 Å². The molecule has 1 aliphatic heterocycles. The number of nitrogens with zero attached hydrogens (tertiary/aromatic N) is 4. The molecule has 1 saturated heterocycles. The van der Waals surface area contributed by atoms with Gasteiger partial charge in [0.05, 0.1) is 0 Å². The highest BCUT2D eigenvalue weighted by molar-refractivity contribution is 5.92. The third-order valence-corrected chi connectivity index (χ3v) is 3.46. The third-order valence-electron chi connectivity index (χ3n) is 3.46.